The summed E-state index contributed by atoms with van der Waals surface area (Å²) in [4.78, 5) is 19.2. The lowest BCUT2D eigenvalue weighted by Crippen LogP contribution is -2.32. The third-order valence-electron chi connectivity index (χ3n) is 6.88. The van der Waals surface area contributed by atoms with E-state index in [4.69, 9.17) is 0 Å². The van der Waals surface area contributed by atoms with Crippen molar-refractivity contribution in [2.45, 2.75) is 63.6 Å². The molecule has 0 bridgehead atoms. The summed E-state index contributed by atoms with van der Waals surface area (Å²) in [5.41, 5.74) is 5.63. The van der Waals surface area contributed by atoms with Crippen molar-refractivity contribution in [3.63, 3.8) is 0 Å². The minimum absolute atomic E-state index is 0.0508. The van der Waals surface area contributed by atoms with E-state index in [1.807, 2.05) is 58.0 Å². The number of nitrogens with zero attached hydrogens (tertiary/aromatic N) is 5. The van der Waals surface area contributed by atoms with E-state index >= 15 is 0 Å². The van der Waals surface area contributed by atoms with E-state index in [0.29, 0.717) is 0 Å². The molecule has 1 aliphatic rings. The number of fused-ring (bicyclic) bond motifs is 1. The van der Waals surface area contributed by atoms with Crippen LogP contribution in [0.4, 0.5) is 0 Å². The summed E-state index contributed by atoms with van der Waals surface area (Å²) in [6.07, 6.45) is 4.17. The Morgan fingerprint density at radius 1 is 1.19 bits per heavy atom. The van der Waals surface area contributed by atoms with Gasteiger partial charge in [-0.2, -0.15) is 18.8 Å². The second-order valence-electron chi connectivity index (χ2n) is 9.92. The Balaban J connectivity index is 1.66. The molecule has 1 amide bonds. The van der Waals surface area contributed by atoms with Crippen molar-refractivity contribution in [3.05, 3.63) is 64.6 Å². The molecule has 9 nitrogen and oxygen atoms in total. The number of nitriles is 1. The summed E-state index contributed by atoms with van der Waals surface area (Å²) in [6.45, 7) is 5.84. The van der Waals surface area contributed by atoms with Gasteiger partial charge >= 0.3 is 0 Å². The zero-order chi connectivity index (χ0) is 26.9. The van der Waals surface area contributed by atoms with Gasteiger partial charge < -0.3 is 4.90 Å². The van der Waals surface area contributed by atoms with E-state index in [9.17, 15) is 18.5 Å². The topological polar surface area (TPSA) is 121 Å². The van der Waals surface area contributed by atoms with E-state index in [1.165, 1.54) is 11.6 Å². The second-order valence-corrected chi connectivity index (χ2v) is 11.5. The number of sulfonamides is 1. The van der Waals surface area contributed by atoms with Crippen LogP contribution in [-0.2, 0) is 34.1 Å². The normalized spacial score (nSPS) is 14.0. The third kappa shape index (κ3) is 5.43. The Hall–Kier alpha value is -3.55. The molecule has 0 aliphatic heterocycles. The smallest absolute Gasteiger partial charge is 0.283 e. The van der Waals surface area contributed by atoms with Crippen molar-refractivity contribution in [1.82, 2.24) is 24.4 Å². The van der Waals surface area contributed by atoms with Crippen molar-refractivity contribution < 1.29 is 13.2 Å². The predicted molar refractivity (Wildman–Crippen MR) is 140 cm³/mol. The monoisotopic (exact) mass is 520 g/mol. The molecule has 0 spiro atoms. The molecule has 2 aromatic heterocycles. The lowest BCUT2D eigenvalue weighted by Gasteiger charge is -2.22. The minimum atomic E-state index is -4.18. The maximum atomic E-state index is 13.2. The zero-order valence-corrected chi connectivity index (χ0v) is 22.6. The molecule has 0 saturated heterocycles. The summed E-state index contributed by atoms with van der Waals surface area (Å²) in [7, 11) is -0.353. The summed E-state index contributed by atoms with van der Waals surface area (Å²) in [5, 5.41) is 13.4. The number of carbonyl (C=O) groups excluding carboxylic acids is 1. The molecule has 0 radical (unpaired) electrons. The summed E-state index contributed by atoms with van der Waals surface area (Å²) in [5.74, 6) is -0.627. The summed E-state index contributed by atoms with van der Waals surface area (Å²) >= 11 is 0. The van der Waals surface area contributed by atoms with Crippen LogP contribution in [0.3, 0.4) is 0 Å². The Kier molecular flexibility index (Phi) is 7.48. The summed E-state index contributed by atoms with van der Waals surface area (Å²) in [6, 6.07) is 10.9. The lowest BCUT2D eigenvalue weighted by atomic mass is 9.91. The van der Waals surface area contributed by atoms with E-state index in [1.54, 1.807) is 23.0 Å². The second kappa shape index (κ2) is 10.4. The molecule has 0 fully saturated rings. The first-order valence-corrected chi connectivity index (χ1v) is 13.8. The predicted octanol–water partition coefficient (Wildman–Crippen LogP) is 3.56. The number of amides is 1. The van der Waals surface area contributed by atoms with Gasteiger partial charge in [-0.25, -0.2) is 9.71 Å². The highest BCUT2D eigenvalue weighted by atomic mass is 32.2. The molecular weight excluding hydrogens is 488 g/mol. The van der Waals surface area contributed by atoms with Crippen molar-refractivity contribution in [3.8, 4) is 17.2 Å². The van der Waals surface area contributed by atoms with E-state index in [2.05, 4.69) is 14.8 Å². The highest BCUT2D eigenvalue weighted by Gasteiger charge is 2.28. The molecule has 1 unspecified atom stereocenters. The van der Waals surface area contributed by atoms with Crippen molar-refractivity contribution in [2.75, 3.05) is 14.1 Å². The van der Waals surface area contributed by atoms with Crippen LogP contribution in [0.25, 0.3) is 11.1 Å². The van der Waals surface area contributed by atoms with Crippen LogP contribution in [-0.4, -0.2) is 48.1 Å². The number of carbonyl (C=O) groups is 1. The van der Waals surface area contributed by atoms with Gasteiger partial charge in [0, 0.05) is 24.3 Å². The molecule has 1 atom stereocenters. The van der Waals surface area contributed by atoms with Gasteiger partial charge in [-0.3, -0.25) is 9.48 Å². The van der Waals surface area contributed by atoms with Gasteiger partial charge in [0.05, 0.1) is 12.1 Å². The highest BCUT2D eigenvalue weighted by Crippen LogP contribution is 2.34. The Bertz CT molecular complexity index is 1480. The molecule has 0 saturated carbocycles. The number of aromatic nitrogens is 3. The molecule has 4 rings (SSSR count). The highest BCUT2D eigenvalue weighted by molar-refractivity contribution is 7.90. The number of aryl methyl sites for hydroxylation is 1. The van der Waals surface area contributed by atoms with Crippen molar-refractivity contribution in [1.29, 1.82) is 5.26 Å². The van der Waals surface area contributed by atoms with Crippen LogP contribution in [0.2, 0.25) is 0 Å². The van der Waals surface area contributed by atoms with E-state index in [0.717, 1.165) is 47.2 Å². The first-order valence-electron chi connectivity index (χ1n) is 12.3. The quantitative estimate of drug-likeness (QED) is 0.482. The van der Waals surface area contributed by atoms with E-state index < -0.39 is 15.9 Å². The number of hydrogen-bond acceptors (Lipinski definition) is 7. The fraction of sp³-hybridized carbons (Fsp3) is 0.407. The van der Waals surface area contributed by atoms with Crippen LogP contribution >= 0.6 is 0 Å². The Morgan fingerprint density at radius 2 is 1.95 bits per heavy atom. The molecule has 2 heterocycles. The largest absolute Gasteiger partial charge is 0.301 e. The SMILES string of the molecule is CC(c1cc(S(=O)(=O)NC(=O)Cc2c(-c3ccnc(C#N)c3)ccc3c2CCC3)nn1C(C)C)N(C)C. The fourth-order valence-electron chi connectivity index (χ4n) is 4.78. The number of benzene rings is 1. The third-order valence-corrected chi connectivity index (χ3v) is 8.13. The average molecular weight is 521 g/mol. The number of pyridine rings is 1. The standard InChI is InChI=1S/C27H32N6O3S/c1-17(2)33-25(18(3)32(4)5)15-27(30-33)37(35,36)31-26(34)14-24-22-8-6-7-19(22)9-10-23(24)20-11-12-29-21(13-20)16-28/h9-13,15,17-18H,6-8,14H2,1-5H3,(H,31,34). The lowest BCUT2D eigenvalue weighted by molar-refractivity contribution is -0.118. The maximum absolute atomic E-state index is 13.2. The van der Waals surface area contributed by atoms with E-state index in [-0.39, 0.29) is 29.2 Å². The molecule has 3 aromatic rings. The van der Waals surface area contributed by atoms with Crippen LogP contribution in [0.5, 0.6) is 0 Å². The van der Waals surface area contributed by atoms with Crippen LogP contribution in [0, 0.1) is 11.3 Å². The number of hydrogen-bond donors (Lipinski definition) is 1. The maximum Gasteiger partial charge on any atom is 0.283 e. The molecule has 1 N–H and O–H groups in total. The average Bonchev–Trinajstić information content (AvgIpc) is 3.51. The minimum Gasteiger partial charge on any atom is -0.301 e. The van der Waals surface area contributed by atoms with Crippen LogP contribution < -0.4 is 4.72 Å². The molecule has 1 aromatic carbocycles. The molecule has 1 aliphatic carbocycles. The van der Waals surface area contributed by atoms with Gasteiger partial charge in [0.1, 0.15) is 11.8 Å². The van der Waals surface area contributed by atoms with Crippen LogP contribution in [0.1, 0.15) is 67.4 Å². The molecule has 194 valence electrons. The molecular formula is C27H32N6O3S. The fourth-order valence-corrected chi connectivity index (χ4v) is 5.73. The molecule has 37 heavy (non-hydrogen) atoms. The van der Waals surface area contributed by atoms with Gasteiger partial charge in [-0.05, 0) is 94.1 Å². The van der Waals surface area contributed by atoms with Crippen molar-refractivity contribution in [2.24, 2.45) is 0 Å². The van der Waals surface area contributed by atoms with Gasteiger partial charge in [0.15, 0.2) is 5.03 Å². The number of rotatable bonds is 8. The van der Waals surface area contributed by atoms with Crippen LogP contribution in [0.15, 0.2) is 41.6 Å². The van der Waals surface area contributed by atoms with Gasteiger partial charge in [0.25, 0.3) is 10.0 Å². The summed E-state index contributed by atoms with van der Waals surface area (Å²) < 4.78 is 30.4. The Labute approximate surface area is 218 Å². The van der Waals surface area contributed by atoms with Gasteiger partial charge in [-0.1, -0.05) is 12.1 Å². The number of nitrogens with one attached hydrogen (secondary N) is 1. The zero-order valence-electron chi connectivity index (χ0n) is 21.8. The molecule has 10 heteroatoms. The van der Waals surface area contributed by atoms with Gasteiger partial charge in [-0.15, -0.1) is 0 Å². The van der Waals surface area contributed by atoms with Gasteiger partial charge in [0.2, 0.25) is 5.91 Å². The first kappa shape index (κ1) is 26.5. The van der Waals surface area contributed by atoms with Crippen molar-refractivity contribution >= 4 is 15.9 Å². The first-order chi connectivity index (χ1) is 17.5. The Morgan fingerprint density at radius 3 is 2.62 bits per heavy atom.